The normalized spacial score (nSPS) is 24.7. The Labute approximate surface area is 110 Å². The Morgan fingerprint density at radius 1 is 1.39 bits per heavy atom. The lowest BCUT2D eigenvalue weighted by Gasteiger charge is -2.25. The minimum atomic E-state index is -0.0788. The van der Waals surface area contributed by atoms with Crippen LogP contribution in [0, 0.1) is 5.92 Å². The standard InChI is InChI=1S/C15H26N2O/c1-3-14(4-2)17-9-8-13(16-17)10-12-6-5-7-15(18)11-12/h8-9,12,14-15,18H,3-7,10-11H2,1-2H3. The van der Waals surface area contributed by atoms with E-state index in [1.165, 1.54) is 18.5 Å². The zero-order valence-corrected chi connectivity index (χ0v) is 11.7. The molecule has 1 aromatic rings. The molecule has 2 rings (SSSR count). The average molecular weight is 250 g/mol. The van der Waals surface area contributed by atoms with Crippen molar-refractivity contribution in [2.75, 3.05) is 0 Å². The summed E-state index contributed by atoms with van der Waals surface area (Å²) in [5, 5.41) is 14.4. The van der Waals surface area contributed by atoms with Gasteiger partial charge in [-0.05, 0) is 50.5 Å². The average Bonchev–Trinajstić information content (AvgIpc) is 2.79. The monoisotopic (exact) mass is 250 g/mol. The van der Waals surface area contributed by atoms with Crippen LogP contribution < -0.4 is 0 Å². The second-order valence-corrected chi connectivity index (χ2v) is 5.65. The van der Waals surface area contributed by atoms with Crippen molar-refractivity contribution in [2.45, 2.75) is 70.9 Å². The number of rotatable bonds is 5. The maximum Gasteiger partial charge on any atom is 0.0627 e. The van der Waals surface area contributed by atoms with Crippen molar-refractivity contribution in [1.82, 2.24) is 9.78 Å². The molecule has 1 heterocycles. The van der Waals surface area contributed by atoms with E-state index < -0.39 is 0 Å². The summed E-state index contributed by atoms with van der Waals surface area (Å²) in [7, 11) is 0. The third-order valence-electron chi connectivity index (χ3n) is 4.23. The molecule has 3 heteroatoms. The molecule has 0 aromatic carbocycles. The minimum absolute atomic E-state index is 0.0788. The molecule has 1 aliphatic rings. The van der Waals surface area contributed by atoms with Gasteiger partial charge in [-0.1, -0.05) is 20.3 Å². The van der Waals surface area contributed by atoms with E-state index in [4.69, 9.17) is 5.10 Å². The highest BCUT2D eigenvalue weighted by molar-refractivity contribution is 5.01. The number of hydrogen-bond donors (Lipinski definition) is 1. The largest absolute Gasteiger partial charge is 0.393 e. The van der Waals surface area contributed by atoms with Crippen molar-refractivity contribution in [3.63, 3.8) is 0 Å². The van der Waals surface area contributed by atoms with Gasteiger partial charge in [0, 0.05) is 6.20 Å². The van der Waals surface area contributed by atoms with Crippen molar-refractivity contribution in [1.29, 1.82) is 0 Å². The van der Waals surface area contributed by atoms with Crippen molar-refractivity contribution >= 4 is 0 Å². The molecule has 1 aromatic heterocycles. The van der Waals surface area contributed by atoms with E-state index in [0.717, 1.165) is 32.1 Å². The summed E-state index contributed by atoms with van der Waals surface area (Å²) >= 11 is 0. The highest BCUT2D eigenvalue weighted by atomic mass is 16.3. The van der Waals surface area contributed by atoms with Crippen LogP contribution in [0.1, 0.15) is 64.1 Å². The molecule has 0 bridgehead atoms. The Kier molecular flexibility index (Phi) is 4.81. The predicted molar refractivity (Wildman–Crippen MR) is 73.5 cm³/mol. The first kappa shape index (κ1) is 13.6. The topological polar surface area (TPSA) is 38.0 Å². The van der Waals surface area contributed by atoms with Gasteiger partial charge in [0.25, 0.3) is 0 Å². The summed E-state index contributed by atoms with van der Waals surface area (Å²) in [6.45, 7) is 4.43. The van der Waals surface area contributed by atoms with Crippen LogP contribution in [0.15, 0.2) is 12.3 Å². The van der Waals surface area contributed by atoms with E-state index in [1.807, 2.05) is 0 Å². The molecule has 1 saturated carbocycles. The van der Waals surface area contributed by atoms with Gasteiger partial charge in [-0.25, -0.2) is 0 Å². The summed E-state index contributed by atoms with van der Waals surface area (Å²) < 4.78 is 2.12. The Hall–Kier alpha value is -0.830. The molecule has 1 aliphatic carbocycles. The third kappa shape index (κ3) is 3.35. The van der Waals surface area contributed by atoms with Gasteiger partial charge in [0.1, 0.15) is 0 Å². The molecular weight excluding hydrogens is 224 g/mol. The third-order valence-corrected chi connectivity index (χ3v) is 4.23. The summed E-state index contributed by atoms with van der Waals surface area (Å²) in [6.07, 6.45) is 9.70. The molecule has 3 nitrogen and oxygen atoms in total. The maximum atomic E-state index is 9.70. The first-order chi connectivity index (χ1) is 8.72. The van der Waals surface area contributed by atoms with Gasteiger partial charge in [0.05, 0.1) is 17.8 Å². The van der Waals surface area contributed by atoms with Gasteiger partial charge in [-0.15, -0.1) is 0 Å². The Morgan fingerprint density at radius 2 is 2.17 bits per heavy atom. The van der Waals surface area contributed by atoms with E-state index in [0.29, 0.717) is 12.0 Å². The van der Waals surface area contributed by atoms with E-state index >= 15 is 0 Å². The molecule has 1 fully saturated rings. The second-order valence-electron chi connectivity index (χ2n) is 5.65. The summed E-state index contributed by atoms with van der Waals surface area (Å²) in [5.74, 6) is 0.624. The van der Waals surface area contributed by atoms with Crippen LogP contribution in [0.25, 0.3) is 0 Å². The predicted octanol–water partition coefficient (Wildman–Crippen LogP) is 3.34. The highest BCUT2D eigenvalue weighted by Crippen LogP contribution is 2.27. The SMILES string of the molecule is CCC(CC)n1ccc(CC2CCCC(O)C2)n1. The lowest BCUT2D eigenvalue weighted by atomic mass is 9.84. The van der Waals surface area contributed by atoms with Gasteiger partial charge in [-0.2, -0.15) is 5.10 Å². The first-order valence-electron chi connectivity index (χ1n) is 7.45. The Balaban J connectivity index is 1.93. The highest BCUT2D eigenvalue weighted by Gasteiger charge is 2.21. The van der Waals surface area contributed by atoms with E-state index in [2.05, 4.69) is 30.8 Å². The lowest BCUT2D eigenvalue weighted by molar-refractivity contribution is 0.101. The molecule has 0 radical (unpaired) electrons. The minimum Gasteiger partial charge on any atom is -0.393 e. The second kappa shape index (κ2) is 6.37. The molecule has 0 spiro atoms. The van der Waals surface area contributed by atoms with Gasteiger partial charge in [-0.3, -0.25) is 4.68 Å². The van der Waals surface area contributed by atoms with Crippen molar-refractivity contribution in [3.05, 3.63) is 18.0 Å². The fraction of sp³-hybridized carbons (Fsp3) is 0.800. The zero-order chi connectivity index (χ0) is 13.0. The number of nitrogens with zero attached hydrogens (tertiary/aromatic N) is 2. The van der Waals surface area contributed by atoms with Gasteiger partial charge in [0.2, 0.25) is 0 Å². The van der Waals surface area contributed by atoms with Crippen LogP contribution in [-0.2, 0) is 6.42 Å². The molecule has 0 amide bonds. The van der Waals surface area contributed by atoms with E-state index in [1.54, 1.807) is 0 Å². The molecule has 2 atom stereocenters. The molecule has 18 heavy (non-hydrogen) atoms. The molecule has 2 unspecified atom stereocenters. The molecule has 102 valence electrons. The first-order valence-corrected chi connectivity index (χ1v) is 7.45. The fourth-order valence-electron chi connectivity index (χ4n) is 3.10. The summed E-state index contributed by atoms with van der Waals surface area (Å²) in [4.78, 5) is 0. The van der Waals surface area contributed by atoms with Crippen molar-refractivity contribution in [3.8, 4) is 0 Å². The summed E-state index contributed by atoms with van der Waals surface area (Å²) in [5.41, 5.74) is 1.20. The molecule has 1 N–H and O–H groups in total. The van der Waals surface area contributed by atoms with Crippen molar-refractivity contribution < 1.29 is 5.11 Å². The van der Waals surface area contributed by atoms with Crippen molar-refractivity contribution in [2.24, 2.45) is 5.92 Å². The van der Waals surface area contributed by atoms with Crippen LogP contribution in [0.5, 0.6) is 0 Å². The number of hydrogen-bond acceptors (Lipinski definition) is 2. The van der Waals surface area contributed by atoms with E-state index in [9.17, 15) is 5.11 Å². The van der Waals surface area contributed by atoms with Gasteiger partial charge < -0.3 is 5.11 Å². The number of aliphatic hydroxyl groups excluding tert-OH is 1. The lowest BCUT2D eigenvalue weighted by Crippen LogP contribution is -2.21. The Bertz CT molecular complexity index is 357. The van der Waals surface area contributed by atoms with E-state index in [-0.39, 0.29) is 6.10 Å². The summed E-state index contributed by atoms with van der Waals surface area (Å²) in [6, 6.07) is 2.69. The smallest absolute Gasteiger partial charge is 0.0627 e. The van der Waals surface area contributed by atoms with Crippen LogP contribution in [-0.4, -0.2) is 21.0 Å². The molecular formula is C15H26N2O. The van der Waals surface area contributed by atoms with Gasteiger partial charge in [0.15, 0.2) is 0 Å². The zero-order valence-electron chi connectivity index (χ0n) is 11.7. The Morgan fingerprint density at radius 3 is 2.83 bits per heavy atom. The maximum absolute atomic E-state index is 9.70. The number of aromatic nitrogens is 2. The van der Waals surface area contributed by atoms with Crippen LogP contribution >= 0.6 is 0 Å². The fourth-order valence-corrected chi connectivity index (χ4v) is 3.10. The molecule has 0 saturated heterocycles. The van der Waals surface area contributed by atoms with Gasteiger partial charge >= 0.3 is 0 Å². The molecule has 0 aliphatic heterocycles. The van der Waals surface area contributed by atoms with Crippen LogP contribution in [0.2, 0.25) is 0 Å². The quantitative estimate of drug-likeness (QED) is 0.870. The van der Waals surface area contributed by atoms with Crippen LogP contribution in [0.4, 0.5) is 0 Å². The number of aliphatic hydroxyl groups is 1. The van der Waals surface area contributed by atoms with Crippen LogP contribution in [0.3, 0.4) is 0 Å².